The van der Waals surface area contributed by atoms with Crippen LogP contribution in [-0.2, 0) is 36.9 Å². The molecule has 204 valence electrons. The van der Waals surface area contributed by atoms with Crippen molar-refractivity contribution in [3.05, 3.63) is 96.1 Å². The lowest BCUT2D eigenvalue weighted by Crippen LogP contribution is -2.45. The summed E-state index contributed by atoms with van der Waals surface area (Å²) in [6.07, 6.45) is 1.57. The van der Waals surface area contributed by atoms with E-state index in [0.717, 1.165) is 22.3 Å². The van der Waals surface area contributed by atoms with E-state index in [9.17, 15) is 14.4 Å². The third-order valence-corrected chi connectivity index (χ3v) is 6.76. The molecule has 1 aliphatic heterocycles. The molecule has 1 amide bonds. The van der Waals surface area contributed by atoms with Gasteiger partial charge in [-0.3, -0.25) is 9.59 Å². The molecule has 0 bridgehead atoms. The van der Waals surface area contributed by atoms with Gasteiger partial charge in [-0.15, -0.1) is 0 Å². The highest BCUT2D eigenvalue weighted by atomic mass is 16.6. The Kier molecular flexibility index (Phi) is 9.18. The molecule has 0 saturated carbocycles. The second-order valence-corrected chi connectivity index (χ2v) is 11.0. The molecule has 1 heterocycles. The van der Waals surface area contributed by atoms with E-state index in [0.29, 0.717) is 25.8 Å². The van der Waals surface area contributed by atoms with Crippen molar-refractivity contribution in [2.75, 3.05) is 6.54 Å². The summed E-state index contributed by atoms with van der Waals surface area (Å²) in [6, 6.07) is 26.9. The van der Waals surface area contributed by atoms with Gasteiger partial charge in [-0.1, -0.05) is 84.9 Å². The van der Waals surface area contributed by atoms with E-state index >= 15 is 0 Å². The molecule has 3 aromatic rings. The SMILES string of the molecule is CC(C)(C)OC(=O)C[C@@H](Cc1ccc(-c2ccccc2)cc1)C(=O)N1CCC[C@H]1C(=O)OCc1ccccc1. The maximum absolute atomic E-state index is 13.8. The van der Waals surface area contributed by atoms with E-state index in [2.05, 4.69) is 0 Å². The van der Waals surface area contributed by atoms with Crippen molar-refractivity contribution in [1.29, 1.82) is 0 Å². The summed E-state index contributed by atoms with van der Waals surface area (Å²) in [5, 5.41) is 0. The fraction of sp³-hybridized carbons (Fsp3) is 0.364. The molecule has 1 fully saturated rings. The van der Waals surface area contributed by atoms with E-state index in [1.807, 2.05) is 106 Å². The van der Waals surface area contributed by atoms with E-state index in [4.69, 9.17) is 9.47 Å². The molecule has 0 spiro atoms. The van der Waals surface area contributed by atoms with Crippen LogP contribution in [-0.4, -0.2) is 40.9 Å². The molecule has 0 N–H and O–H groups in total. The van der Waals surface area contributed by atoms with Gasteiger partial charge in [0.25, 0.3) is 0 Å². The van der Waals surface area contributed by atoms with Crippen LogP contribution in [0.25, 0.3) is 11.1 Å². The number of amides is 1. The lowest BCUT2D eigenvalue weighted by Gasteiger charge is -2.28. The maximum Gasteiger partial charge on any atom is 0.329 e. The number of benzene rings is 3. The molecular weight excluding hydrogens is 490 g/mol. The minimum atomic E-state index is -0.653. The first-order valence-electron chi connectivity index (χ1n) is 13.6. The normalized spacial score (nSPS) is 16.0. The summed E-state index contributed by atoms with van der Waals surface area (Å²) in [6.45, 7) is 6.05. The van der Waals surface area contributed by atoms with Crippen LogP contribution in [0.3, 0.4) is 0 Å². The number of carbonyl (C=O) groups is 3. The van der Waals surface area contributed by atoms with Gasteiger partial charge >= 0.3 is 11.9 Å². The number of nitrogens with zero attached hydrogens (tertiary/aromatic N) is 1. The zero-order chi connectivity index (χ0) is 27.8. The summed E-state index contributed by atoms with van der Waals surface area (Å²) in [5.74, 6) is -1.70. The van der Waals surface area contributed by atoms with E-state index in [-0.39, 0.29) is 18.9 Å². The van der Waals surface area contributed by atoms with E-state index in [1.54, 1.807) is 4.90 Å². The first kappa shape index (κ1) is 28.1. The second kappa shape index (κ2) is 12.7. The van der Waals surface area contributed by atoms with Crippen LogP contribution in [0.1, 0.15) is 51.2 Å². The molecule has 1 saturated heterocycles. The molecule has 0 aliphatic carbocycles. The largest absolute Gasteiger partial charge is 0.460 e. The van der Waals surface area contributed by atoms with E-state index < -0.39 is 29.5 Å². The Hall–Kier alpha value is -3.93. The summed E-state index contributed by atoms with van der Waals surface area (Å²) >= 11 is 0. The monoisotopic (exact) mass is 527 g/mol. The van der Waals surface area contributed by atoms with Crippen molar-refractivity contribution in [1.82, 2.24) is 4.90 Å². The molecule has 6 nitrogen and oxygen atoms in total. The molecule has 6 heteroatoms. The Morgan fingerprint density at radius 2 is 1.46 bits per heavy atom. The van der Waals surface area contributed by atoms with Crippen LogP contribution in [0.2, 0.25) is 0 Å². The third kappa shape index (κ3) is 8.03. The number of likely N-dealkylation sites (tertiary alicyclic amines) is 1. The molecule has 4 rings (SSSR count). The Labute approximate surface area is 230 Å². The van der Waals surface area contributed by atoms with Crippen molar-refractivity contribution >= 4 is 17.8 Å². The van der Waals surface area contributed by atoms with Gasteiger partial charge in [-0.05, 0) is 62.3 Å². The van der Waals surface area contributed by atoms with Crippen LogP contribution in [0.5, 0.6) is 0 Å². The number of ether oxygens (including phenoxy) is 2. The number of hydrogen-bond acceptors (Lipinski definition) is 5. The minimum Gasteiger partial charge on any atom is -0.460 e. The van der Waals surface area contributed by atoms with Crippen LogP contribution < -0.4 is 0 Å². The van der Waals surface area contributed by atoms with Crippen molar-refractivity contribution in [3.63, 3.8) is 0 Å². The second-order valence-electron chi connectivity index (χ2n) is 11.0. The van der Waals surface area contributed by atoms with Gasteiger partial charge in [-0.2, -0.15) is 0 Å². The van der Waals surface area contributed by atoms with Gasteiger partial charge in [-0.25, -0.2) is 4.79 Å². The van der Waals surface area contributed by atoms with Crippen molar-refractivity contribution in [2.24, 2.45) is 5.92 Å². The Balaban J connectivity index is 1.48. The number of hydrogen-bond donors (Lipinski definition) is 0. The Morgan fingerprint density at radius 3 is 2.10 bits per heavy atom. The zero-order valence-electron chi connectivity index (χ0n) is 23.0. The van der Waals surface area contributed by atoms with Crippen molar-refractivity contribution < 1.29 is 23.9 Å². The average Bonchev–Trinajstić information content (AvgIpc) is 3.42. The highest BCUT2D eigenvalue weighted by Gasteiger charge is 2.39. The third-order valence-electron chi connectivity index (χ3n) is 6.76. The highest BCUT2D eigenvalue weighted by Crippen LogP contribution is 2.27. The molecular formula is C33H37NO5. The summed E-state index contributed by atoms with van der Waals surface area (Å²) in [4.78, 5) is 41.2. The summed E-state index contributed by atoms with van der Waals surface area (Å²) < 4.78 is 11.1. The summed E-state index contributed by atoms with van der Waals surface area (Å²) in [5.41, 5.74) is 3.37. The predicted octanol–water partition coefficient (Wildman–Crippen LogP) is 5.98. The van der Waals surface area contributed by atoms with Crippen LogP contribution in [0.15, 0.2) is 84.9 Å². The van der Waals surface area contributed by atoms with Gasteiger partial charge < -0.3 is 14.4 Å². The number of rotatable bonds is 9. The lowest BCUT2D eigenvalue weighted by atomic mass is 9.93. The molecule has 1 aliphatic rings. The average molecular weight is 528 g/mol. The van der Waals surface area contributed by atoms with Gasteiger partial charge in [0.05, 0.1) is 12.3 Å². The van der Waals surface area contributed by atoms with Gasteiger partial charge in [0, 0.05) is 6.54 Å². The molecule has 0 aromatic heterocycles. The fourth-order valence-electron chi connectivity index (χ4n) is 4.91. The van der Waals surface area contributed by atoms with Crippen molar-refractivity contribution in [3.8, 4) is 11.1 Å². The first-order valence-corrected chi connectivity index (χ1v) is 13.6. The van der Waals surface area contributed by atoms with Gasteiger partial charge in [0.15, 0.2) is 0 Å². The van der Waals surface area contributed by atoms with Gasteiger partial charge in [0.1, 0.15) is 18.2 Å². The zero-order valence-corrected chi connectivity index (χ0v) is 23.0. The smallest absolute Gasteiger partial charge is 0.329 e. The lowest BCUT2D eigenvalue weighted by molar-refractivity contribution is -0.160. The van der Waals surface area contributed by atoms with Gasteiger partial charge in [0.2, 0.25) is 5.91 Å². The Morgan fingerprint density at radius 1 is 0.846 bits per heavy atom. The summed E-state index contributed by atoms with van der Waals surface area (Å²) in [7, 11) is 0. The van der Waals surface area contributed by atoms with Crippen LogP contribution >= 0.6 is 0 Å². The Bertz CT molecular complexity index is 1250. The predicted molar refractivity (Wildman–Crippen MR) is 151 cm³/mol. The fourth-order valence-corrected chi connectivity index (χ4v) is 4.91. The topological polar surface area (TPSA) is 72.9 Å². The molecule has 0 unspecified atom stereocenters. The van der Waals surface area contributed by atoms with Crippen molar-refractivity contribution in [2.45, 2.75) is 64.7 Å². The van der Waals surface area contributed by atoms with Crippen LogP contribution in [0.4, 0.5) is 0 Å². The van der Waals surface area contributed by atoms with Crippen LogP contribution in [0, 0.1) is 5.92 Å². The minimum absolute atomic E-state index is 0.0567. The molecule has 0 radical (unpaired) electrons. The number of esters is 2. The molecule has 39 heavy (non-hydrogen) atoms. The maximum atomic E-state index is 13.8. The highest BCUT2D eigenvalue weighted by molar-refractivity contribution is 5.89. The van der Waals surface area contributed by atoms with E-state index in [1.165, 1.54) is 0 Å². The standard InChI is InChI=1S/C33H37NO5/c1-33(2,3)39-30(35)22-28(21-24-16-18-27(19-17-24)26-13-8-5-9-14-26)31(36)34-20-10-15-29(34)32(37)38-23-25-11-6-4-7-12-25/h4-9,11-14,16-19,28-29H,10,15,20-23H2,1-3H3/t28-,29+/m1/s1. The number of carbonyl (C=O) groups excluding carboxylic acids is 3. The first-order chi connectivity index (χ1) is 18.7. The molecule has 3 aromatic carbocycles. The quantitative estimate of drug-likeness (QED) is 0.320. The molecule has 2 atom stereocenters.